The van der Waals surface area contributed by atoms with Crippen LogP contribution in [0.15, 0.2) is 48.5 Å². The maximum absolute atomic E-state index is 13.1. The molecule has 7 heteroatoms. The van der Waals surface area contributed by atoms with Crippen LogP contribution in [0.1, 0.15) is 17.5 Å². The Morgan fingerprint density at radius 1 is 1.26 bits per heavy atom. The maximum Gasteiger partial charge on any atom is 0.279 e. The zero-order valence-electron chi connectivity index (χ0n) is 15.2. The summed E-state index contributed by atoms with van der Waals surface area (Å²) in [6.07, 6.45) is 4.18. The van der Waals surface area contributed by atoms with Gasteiger partial charge in [-0.3, -0.25) is 14.9 Å². The predicted molar refractivity (Wildman–Crippen MR) is 101 cm³/mol. The minimum atomic E-state index is -0.694. The van der Waals surface area contributed by atoms with Gasteiger partial charge in [-0.25, -0.2) is 4.39 Å². The van der Waals surface area contributed by atoms with Crippen LogP contribution in [0.4, 0.5) is 10.1 Å². The number of carbonyl (C=O) groups excluding carboxylic acids is 1. The van der Waals surface area contributed by atoms with E-state index in [1.807, 2.05) is 24.3 Å². The van der Waals surface area contributed by atoms with E-state index in [-0.39, 0.29) is 17.2 Å². The number of hydrogen-bond acceptors (Lipinski definition) is 4. The van der Waals surface area contributed by atoms with Gasteiger partial charge < -0.3 is 9.64 Å². The molecule has 0 heterocycles. The van der Waals surface area contributed by atoms with Crippen molar-refractivity contribution < 1.29 is 18.8 Å². The minimum absolute atomic E-state index is 0.182. The molecule has 0 fully saturated rings. The molecule has 27 heavy (non-hydrogen) atoms. The number of likely N-dealkylation sites (N-methyl/N-ethyl adjacent to an activating group) is 1. The second kappa shape index (κ2) is 9.47. The Morgan fingerprint density at radius 2 is 1.96 bits per heavy atom. The molecule has 0 bridgehead atoms. The molecule has 0 radical (unpaired) electrons. The van der Waals surface area contributed by atoms with E-state index in [1.165, 1.54) is 23.1 Å². The number of nitro benzene ring substituents is 1. The fourth-order valence-corrected chi connectivity index (χ4v) is 2.53. The monoisotopic (exact) mass is 372 g/mol. The van der Waals surface area contributed by atoms with Crippen molar-refractivity contribution >= 4 is 17.7 Å². The molecule has 0 aliphatic carbocycles. The average Bonchev–Trinajstić information content (AvgIpc) is 2.67. The number of carbonyl (C=O) groups is 1. The van der Waals surface area contributed by atoms with Crippen molar-refractivity contribution in [3.8, 4) is 5.75 Å². The molecule has 0 aliphatic heterocycles. The third-order valence-corrected chi connectivity index (χ3v) is 4.09. The van der Waals surface area contributed by atoms with Crippen LogP contribution in [0.5, 0.6) is 5.75 Å². The van der Waals surface area contributed by atoms with Crippen LogP contribution in [0.3, 0.4) is 0 Å². The van der Waals surface area contributed by atoms with Gasteiger partial charge in [0.1, 0.15) is 11.6 Å². The highest BCUT2D eigenvalue weighted by molar-refractivity contribution is 5.92. The first-order valence-electron chi connectivity index (χ1n) is 8.40. The summed E-state index contributed by atoms with van der Waals surface area (Å²) in [7, 11) is 3.28. The number of halogens is 1. The van der Waals surface area contributed by atoms with Gasteiger partial charge in [0.2, 0.25) is 5.91 Å². The van der Waals surface area contributed by atoms with Crippen molar-refractivity contribution in [1.29, 1.82) is 0 Å². The summed E-state index contributed by atoms with van der Waals surface area (Å²) in [6.45, 7) is 0.542. The fourth-order valence-electron chi connectivity index (χ4n) is 2.53. The number of ether oxygens (including phenoxy) is 1. The Kier molecular flexibility index (Phi) is 7.05. The van der Waals surface area contributed by atoms with E-state index in [4.69, 9.17) is 4.74 Å². The van der Waals surface area contributed by atoms with Crippen molar-refractivity contribution in [2.75, 3.05) is 20.7 Å². The molecule has 1 amide bonds. The van der Waals surface area contributed by atoms with Gasteiger partial charge in [-0.1, -0.05) is 12.1 Å². The molecule has 0 N–H and O–H groups in total. The molecule has 0 saturated carbocycles. The summed E-state index contributed by atoms with van der Waals surface area (Å²) in [5.41, 5.74) is 0.955. The molecule has 2 rings (SSSR count). The van der Waals surface area contributed by atoms with E-state index < -0.39 is 10.7 Å². The number of hydrogen-bond donors (Lipinski definition) is 0. The maximum atomic E-state index is 13.1. The minimum Gasteiger partial charge on any atom is -0.497 e. The van der Waals surface area contributed by atoms with Crippen LogP contribution in [-0.4, -0.2) is 36.4 Å². The summed E-state index contributed by atoms with van der Waals surface area (Å²) in [5, 5.41) is 11.0. The lowest BCUT2D eigenvalue weighted by Gasteiger charge is -2.15. The molecule has 0 unspecified atom stereocenters. The van der Waals surface area contributed by atoms with Gasteiger partial charge in [0.25, 0.3) is 5.69 Å². The first kappa shape index (κ1) is 20.1. The first-order chi connectivity index (χ1) is 12.9. The van der Waals surface area contributed by atoms with Crippen molar-refractivity contribution in [1.82, 2.24) is 4.90 Å². The van der Waals surface area contributed by atoms with Gasteiger partial charge in [-0.15, -0.1) is 0 Å². The Balaban J connectivity index is 1.89. The van der Waals surface area contributed by atoms with Gasteiger partial charge in [0.15, 0.2) is 0 Å². The highest BCUT2D eigenvalue weighted by atomic mass is 19.1. The normalized spacial score (nSPS) is 10.8. The van der Waals surface area contributed by atoms with Crippen LogP contribution in [0.2, 0.25) is 0 Å². The molecule has 0 aromatic heterocycles. The molecular weight excluding hydrogens is 351 g/mol. The summed E-state index contributed by atoms with van der Waals surface area (Å²) < 4.78 is 18.3. The number of benzene rings is 2. The molecule has 0 saturated heterocycles. The van der Waals surface area contributed by atoms with Crippen molar-refractivity contribution in [3.63, 3.8) is 0 Å². The topological polar surface area (TPSA) is 72.7 Å². The lowest BCUT2D eigenvalue weighted by atomic mass is 10.1. The molecule has 142 valence electrons. The molecule has 2 aromatic rings. The quantitative estimate of drug-likeness (QED) is 0.401. The van der Waals surface area contributed by atoms with Crippen molar-refractivity contribution in [2.45, 2.75) is 12.8 Å². The van der Waals surface area contributed by atoms with Gasteiger partial charge in [0.05, 0.1) is 23.7 Å². The van der Waals surface area contributed by atoms with Gasteiger partial charge >= 0.3 is 0 Å². The summed E-state index contributed by atoms with van der Waals surface area (Å²) in [4.78, 5) is 24.0. The molecule has 2 aromatic carbocycles. The number of rotatable bonds is 8. The van der Waals surface area contributed by atoms with Gasteiger partial charge in [0, 0.05) is 19.7 Å². The number of methoxy groups -OCH3 is 1. The highest BCUT2D eigenvalue weighted by Gasteiger charge is 2.13. The predicted octanol–water partition coefficient (Wildman–Crippen LogP) is 3.85. The van der Waals surface area contributed by atoms with E-state index in [0.717, 1.165) is 36.3 Å². The molecule has 0 spiro atoms. The Labute approximate surface area is 157 Å². The van der Waals surface area contributed by atoms with E-state index >= 15 is 0 Å². The zero-order valence-corrected chi connectivity index (χ0v) is 15.2. The second-order valence-electron chi connectivity index (χ2n) is 6.01. The third kappa shape index (κ3) is 5.91. The van der Waals surface area contributed by atoms with Crippen LogP contribution in [-0.2, 0) is 11.2 Å². The van der Waals surface area contributed by atoms with Crippen LogP contribution < -0.4 is 4.74 Å². The lowest BCUT2D eigenvalue weighted by Crippen LogP contribution is -2.26. The summed E-state index contributed by atoms with van der Waals surface area (Å²) in [5.74, 6) is -0.171. The van der Waals surface area contributed by atoms with E-state index in [2.05, 4.69) is 0 Å². The van der Waals surface area contributed by atoms with E-state index in [9.17, 15) is 19.3 Å². The Hall–Kier alpha value is -3.22. The number of aryl methyl sites for hydroxylation is 1. The van der Waals surface area contributed by atoms with Crippen LogP contribution in [0.25, 0.3) is 6.08 Å². The first-order valence-corrected chi connectivity index (χ1v) is 8.40. The van der Waals surface area contributed by atoms with Crippen molar-refractivity contribution in [2.24, 2.45) is 0 Å². The second-order valence-corrected chi connectivity index (χ2v) is 6.01. The molecule has 0 aliphatic rings. The smallest absolute Gasteiger partial charge is 0.279 e. The zero-order chi connectivity index (χ0) is 19.8. The number of nitro groups is 1. The van der Waals surface area contributed by atoms with Crippen LogP contribution in [0, 0.1) is 15.9 Å². The largest absolute Gasteiger partial charge is 0.497 e. The number of amides is 1. The Bertz CT molecular complexity index is 834. The SMILES string of the molecule is COc1ccc(CCCN(C)C(=O)C=Cc2ccc(F)cc2[N+](=O)[O-])cc1. The molecular formula is C20H21FN2O4. The summed E-state index contributed by atoms with van der Waals surface area (Å²) >= 11 is 0. The Morgan fingerprint density at radius 3 is 2.59 bits per heavy atom. The fraction of sp³-hybridized carbons (Fsp3) is 0.250. The standard InChI is InChI=1S/C20H21FN2O4/c1-22(13-3-4-15-5-10-18(27-2)11-6-15)20(24)12-8-16-7-9-17(21)14-19(16)23(25)26/h5-12,14H,3-4,13H2,1-2H3. The van der Waals surface area contributed by atoms with Crippen LogP contribution >= 0.6 is 0 Å². The molecule has 6 nitrogen and oxygen atoms in total. The van der Waals surface area contributed by atoms with Gasteiger partial charge in [-0.2, -0.15) is 0 Å². The van der Waals surface area contributed by atoms with E-state index in [0.29, 0.717) is 6.54 Å². The average molecular weight is 372 g/mol. The molecule has 0 atom stereocenters. The van der Waals surface area contributed by atoms with Gasteiger partial charge in [-0.05, 0) is 48.7 Å². The highest BCUT2D eigenvalue weighted by Crippen LogP contribution is 2.21. The lowest BCUT2D eigenvalue weighted by molar-refractivity contribution is -0.385. The van der Waals surface area contributed by atoms with Crippen molar-refractivity contribution in [3.05, 3.63) is 75.6 Å². The number of nitrogens with zero attached hydrogens (tertiary/aromatic N) is 2. The summed E-state index contributed by atoms with van der Waals surface area (Å²) in [6, 6.07) is 11.0. The van der Waals surface area contributed by atoms with E-state index in [1.54, 1.807) is 14.2 Å². The third-order valence-electron chi connectivity index (χ3n) is 4.09.